The molecule has 1 fully saturated rings. The molecule has 0 radical (unpaired) electrons. The topological polar surface area (TPSA) is 67.4 Å². The zero-order valence-corrected chi connectivity index (χ0v) is 9.21. The molecule has 0 saturated carbocycles. The van der Waals surface area contributed by atoms with E-state index in [1.54, 1.807) is 0 Å². The quantitative estimate of drug-likeness (QED) is 0.658. The highest BCUT2D eigenvalue weighted by atomic mass is 16.6. The van der Waals surface area contributed by atoms with Crippen LogP contribution in [0.15, 0.2) is 0 Å². The molecule has 1 unspecified atom stereocenters. The van der Waals surface area contributed by atoms with Gasteiger partial charge in [0.1, 0.15) is 0 Å². The SMILES string of the molecule is CC(C)CONC(=O)C1CCC(=O)NC1. The van der Waals surface area contributed by atoms with Crippen LogP contribution in [0.2, 0.25) is 0 Å². The maximum atomic E-state index is 11.5. The first-order chi connectivity index (χ1) is 7.09. The zero-order chi connectivity index (χ0) is 11.3. The summed E-state index contributed by atoms with van der Waals surface area (Å²) in [7, 11) is 0. The van der Waals surface area contributed by atoms with Gasteiger partial charge in [0.05, 0.1) is 12.5 Å². The molecule has 0 bridgehead atoms. The van der Waals surface area contributed by atoms with Gasteiger partial charge < -0.3 is 5.32 Å². The molecule has 1 atom stereocenters. The standard InChI is InChI=1S/C10H18N2O3/c1-7(2)6-15-12-10(14)8-3-4-9(13)11-5-8/h7-8H,3-6H2,1-2H3,(H,11,13)(H,12,14). The minimum Gasteiger partial charge on any atom is -0.355 e. The number of hydrogen-bond donors (Lipinski definition) is 2. The van der Waals surface area contributed by atoms with Crippen molar-refractivity contribution in [2.24, 2.45) is 11.8 Å². The third-order valence-corrected chi connectivity index (χ3v) is 2.23. The number of carbonyl (C=O) groups is 2. The van der Waals surface area contributed by atoms with Crippen LogP contribution < -0.4 is 10.8 Å². The molecule has 0 aromatic heterocycles. The summed E-state index contributed by atoms with van der Waals surface area (Å²) in [4.78, 5) is 27.4. The van der Waals surface area contributed by atoms with Crippen LogP contribution >= 0.6 is 0 Å². The van der Waals surface area contributed by atoms with Crippen LogP contribution in [0.5, 0.6) is 0 Å². The summed E-state index contributed by atoms with van der Waals surface area (Å²) in [5, 5.41) is 2.66. The van der Waals surface area contributed by atoms with Gasteiger partial charge in [-0.15, -0.1) is 0 Å². The van der Waals surface area contributed by atoms with Gasteiger partial charge in [-0.1, -0.05) is 13.8 Å². The first-order valence-corrected chi connectivity index (χ1v) is 5.28. The van der Waals surface area contributed by atoms with E-state index in [1.807, 2.05) is 13.8 Å². The Morgan fingerprint density at radius 3 is 2.93 bits per heavy atom. The second-order valence-electron chi connectivity index (χ2n) is 4.21. The van der Waals surface area contributed by atoms with Crippen molar-refractivity contribution in [3.05, 3.63) is 0 Å². The van der Waals surface area contributed by atoms with Gasteiger partial charge in [0.2, 0.25) is 11.8 Å². The van der Waals surface area contributed by atoms with E-state index < -0.39 is 0 Å². The predicted molar refractivity (Wildman–Crippen MR) is 54.7 cm³/mol. The molecule has 15 heavy (non-hydrogen) atoms. The van der Waals surface area contributed by atoms with Crippen LogP contribution in [0.4, 0.5) is 0 Å². The number of hydrogen-bond acceptors (Lipinski definition) is 3. The Balaban J connectivity index is 2.19. The van der Waals surface area contributed by atoms with Gasteiger partial charge in [-0.2, -0.15) is 0 Å². The highest BCUT2D eigenvalue weighted by molar-refractivity contribution is 5.83. The summed E-state index contributed by atoms with van der Waals surface area (Å²) in [5.41, 5.74) is 2.41. The number of rotatable bonds is 4. The Hall–Kier alpha value is -1.10. The minimum atomic E-state index is -0.158. The number of nitrogens with one attached hydrogen (secondary N) is 2. The summed E-state index contributed by atoms with van der Waals surface area (Å²) >= 11 is 0. The Bertz CT molecular complexity index is 231. The van der Waals surface area contributed by atoms with Crippen LogP contribution in [0.25, 0.3) is 0 Å². The highest BCUT2D eigenvalue weighted by Gasteiger charge is 2.24. The number of piperidine rings is 1. The average Bonchev–Trinajstić information content (AvgIpc) is 2.18. The van der Waals surface area contributed by atoms with Gasteiger partial charge in [-0.3, -0.25) is 14.4 Å². The van der Waals surface area contributed by atoms with E-state index in [1.165, 1.54) is 0 Å². The van der Waals surface area contributed by atoms with Crippen molar-refractivity contribution in [2.45, 2.75) is 26.7 Å². The van der Waals surface area contributed by atoms with Crippen molar-refractivity contribution in [3.8, 4) is 0 Å². The van der Waals surface area contributed by atoms with Crippen molar-refractivity contribution in [2.75, 3.05) is 13.2 Å². The molecule has 2 amide bonds. The fourth-order valence-corrected chi connectivity index (χ4v) is 1.32. The number of hydroxylamine groups is 1. The normalized spacial score (nSPS) is 21.3. The summed E-state index contributed by atoms with van der Waals surface area (Å²) in [6.07, 6.45) is 1.02. The number of carbonyl (C=O) groups excluding carboxylic acids is 2. The van der Waals surface area contributed by atoms with E-state index in [0.29, 0.717) is 31.9 Å². The molecule has 1 saturated heterocycles. The molecule has 0 aliphatic carbocycles. The van der Waals surface area contributed by atoms with Gasteiger partial charge in [0, 0.05) is 13.0 Å². The zero-order valence-electron chi connectivity index (χ0n) is 9.21. The van der Waals surface area contributed by atoms with Crippen molar-refractivity contribution in [3.63, 3.8) is 0 Å². The molecular formula is C10H18N2O3. The highest BCUT2D eigenvalue weighted by Crippen LogP contribution is 2.10. The fourth-order valence-electron chi connectivity index (χ4n) is 1.32. The molecule has 5 nitrogen and oxygen atoms in total. The van der Waals surface area contributed by atoms with Crippen LogP contribution in [-0.4, -0.2) is 25.0 Å². The van der Waals surface area contributed by atoms with E-state index in [-0.39, 0.29) is 17.7 Å². The molecule has 0 aromatic carbocycles. The van der Waals surface area contributed by atoms with Gasteiger partial charge in [-0.25, -0.2) is 5.48 Å². The molecule has 1 aliphatic rings. The molecule has 1 aliphatic heterocycles. The van der Waals surface area contributed by atoms with Crippen molar-refractivity contribution in [1.82, 2.24) is 10.8 Å². The van der Waals surface area contributed by atoms with Crippen molar-refractivity contribution >= 4 is 11.8 Å². The Morgan fingerprint density at radius 2 is 2.40 bits per heavy atom. The lowest BCUT2D eigenvalue weighted by Crippen LogP contribution is -2.43. The van der Waals surface area contributed by atoms with Gasteiger partial charge in [0.15, 0.2) is 0 Å². The summed E-state index contributed by atoms with van der Waals surface area (Å²) in [6, 6.07) is 0. The monoisotopic (exact) mass is 214 g/mol. The van der Waals surface area contributed by atoms with E-state index >= 15 is 0 Å². The molecule has 0 aromatic rings. The van der Waals surface area contributed by atoms with Gasteiger partial charge in [0.25, 0.3) is 0 Å². The molecule has 0 spiro atoms. The molecule has 1 rings (SSSR count). The minimum absolute atomic E-state index is 0.0159. The first kappa shape index (κ1) is 12.0. The third kappa shape index (κ3) is 4.29. The van der Waals surface area contributed by atoms with E-state index in [2.05, 4.69) is 10.8 Å². The average molecular weight is 214 g/mol. The largest absolute Gasteiger partial charge is 0.355 e. The second kappa shape index (κ2) is 5.70. The molecule has 86 valence electrons. The lowest BCUT2D eigenvalue weighted by molar-refractivity contribution is -0.140. The Labute approximate surface area is 89.5 Å². The van der Waals surface area contributed by atoms with Crippen molar-refractivity contribution in [1.29, 1.82) is 0 Å². The summed E-state index contributed by atoms with van der Waals surface area (Å²) < 4.78 is 0. The van der Waals surface area contributed by atoms with Crippen LogP contribution in [-0.2, 0) is 14.4 Å². The maximum absolute atomic E-state index is 11.5. The predicted octanol–water partition coefficient (Wildman–Crippen LogP) is 0.216. The van der Waals surface area contributed by atoms with Crippen LogP contribution in [0.3, 0.4) is 0 Å². The van der Waals surface area contributed by atoms with Gasteiger partial charge in [-0.05, 0) is 12.3 Å². The third-order valence-electron chi connectivity index (χ3n) is 2.23. The fraction of sp³-hybridized carbons (Fsp3) is 0.800. The van der Waals surface area contributed by atoms with E-state index in [4.69, 9.17) is 4.84 Å². The van der Waals surface area contributed by atoms with E-state index in [9.17, 15) is 9.59 Å². The lowest BCUT2D eigenvalue weighted by Gasteiger charge is -2.21. The molecular weight excluding hydrogens is 196 g/mol. The second-order valence-corrected chi connectivity index (χ2v) is 4.21. The summed E-state index contributed by atoms with van der Waals surface area (Å²) in [6.45, 7) is 4.93. The number of amides is 2. The first-order valence-electron chi connectivity index (χ1n) is 5.28. The van der Waals surface area contributed by atoms with Crippen LogP contribution in [0.1, 0.15) is 26.7 Å². The smallest absolute Gasteiger partial charge is 0.248 e. The lowest BCUT2D eigenvalue weighted by atomic mass is 9.99. The van der Waals surface area contributed by atoms with E-state index in [0.717, 1.165) is 0 Å². The Kier molecular flexibility index (Phi) is 4.55. The van der Waals surface area contributed by atoms with Crippen molar-refractivity contribution < 1.29 is 14.4 Å². The van der Waals surface area contributed by atoms with Gasteiger partial charge >= 0.3 is 0 Å². The van der Waals surface area contributed by atoms with Crippen LogP contribution in [0, 0.1) is 11.8 Å². The Morgan fingerprint density at radius 1 is 1.67 bits per heavy atom. The molecule has 1 heterocycles. The summed E-state index contributed by atoms with van der Waals surface area (Å²) in [5.74, 6) is 0.101. The molecule has 2 N–H and O–H groups in total. The molecule has 5 heteroatoms. The maximum Gasteiger partial charge on any atom is 0.248 e.